The summed E-state index contributed by atoms with van der Waals surface area (Å²) in [4.78, 5) is 0. The summed E-state index contributed by atoms with van der Waals surface area (Å²) < 4.78 is 11.2. The van der Waals surface area contributed by atoms with Crippen LogP contribution < -0.4 is 14.8 Å². The SMILES string of the molecule is CCCCC(CC)Nc1ccc(OCC)c(OCC)c1. The van der Waals surface area contributed by atoms with Gasteiger partial charge in [-0.25, -0.2) is 0 Å². The van der Waals surface area contributed by atoms with Gasteiger partial charge in [-0.05, 0) is 38.8 Å². The number of ether oxygens (including phenoxy) is 2. The van der Waals surface area contributed by atoms with Crippen molar-refractivity contribution in [3.63, 3.8) is 0 Å². The van der Waals surface area contributed by atoms with Crippen LogP contribution in [-0.4, -0.2) is 19.3 Å². The fourth-order valence-corrected chi connectivity index (χ4v) is 2.21. The van der Waals surface area contributed by atoms with Gasteiger partial charge in [0, 0.05) is 17.8 Å². The normalized spacial score (nSPS) is 12.0. The molecule has 3 heteroatoms. The van der Waals surface area contributed by atoms with E-state index in [1.54, 1.807) is 0 Å². The van der Waals surface area contributed by atoms with Gasteiger partial charge in [-0.1, -0.05) is 26.7 Å². The molecule has 1 atom stereocenters. The van der Waals surface area contributed by atoms with Gasteiger partial charge in [0.15, 0.2) is 11.5 Å². The zero-order valence-electron chi connectivity index (χ0n) is 13.4. The van der Waals surface area contributed by atoms with Crippen molar-refractivity contribution in [2.75, 3.05) is 18.5 Å². The molecule has 0 aliphatic rings. The molecule has 3 nitrogen and oxygen atoms in total. The Bertz CT molecular complexity index is 379. The lowest BCUT2D eigenvalue weighted by Gasteiger charge is -2.19. The number of benzene rings is 1. The lowest BCUT2D eigenvalue weighted by molar-refractivity contribution is 0.288. The second kappa shape index (κ2) is 9.51. The molecule has 0 radical (unpaired) electrons. The highest BCUT2D eigenvalue weighted by molar-refractivity contribution is 5.55. The topological polar surface area (TPSA) is 30.5 Å². The predicted octanol–water partition coefficient (Wildman–Crippen LogP) is 4.86. The monoisotopic (exact) mass is 279 g/mol. The Hall–Kier alpha value is -1.38. The van der Waals surface area contributed by atoms with E-state index >= 15 is 0 Å². The highest BCUT2D eigenvalue weighted by Gasteiger charge is 2.09. The maximum Gasteiger partial charge on any atom is 0.163 e. The summed E-state index contributed by atoms with van der Waals surface area (Å²) in [6, 6.07) is 6.64. The molecule has 0 bridgehead atoms. The second-order valence-corrected chi connectivity index (χ2v) is 4.92. The Kier molecular flexibility index (Phi) is 7.93. The zero-order valence-corrected chi connectivity index (χ0v) is 13.4. The van der Waals surface area contributed by atoms with E-state index in [0.29, 0.717) is 19.3 Å². The van der Waals surface area contributed by atoms with Crippen molar-refractivity contribution in [2.45, 2.75) is 59.4 Å². The van der Waals surface area contributed by atoms with Crippen molar-refractivity contribution in [3.8, 4) is 11.5 Å². The lowest BCUT2D eigenvalue weighted by Crippen LogP contribution is -2.18. The van der Waals surface area contributed by atoms with Crippen LogP contribution in [0.5, 0.6) is 11.5 Å². The van der Waals surface area contributed by atoms with Crippen LogP contribution in [0.3, 0.4) is 0 Å². The molecule has 0 aliphatic carbocycles. The van der Waals surface area contributed by atoms with Crippen LogP contribution >= 0.6 is 0 Å². The number of hydrogen-bond donors (Lipinski definition) is 1. The quantitative estimate of drug-likeness (QED) is 0.663. The molecule has 0 saturated heterocycles. The summed E-state index contributed by atoms with van der Waals surface area (Å²) in [5.41, 5.74) is 1.11. The maximum absolute atomic E-state index is 5.66. The number of rotatable bonds is 10. The molecule has 1 rings (SSSR count). The van der Waals surface area contributed by atoms with Crippen LogP contribution in [0.1, 0.15) is 53.4 Å². The van der Waals surface area contributed by atoms with E-state index in [2.05, 4.69) is 25.2 Å². The van der Waals surface area contributed by atoms with Crippen LogP contribution in [-0.2, 0) is 0 Å². The molecule has 1 N–H and O–H groups in total. The van der Waals surface area contributed by atoms with Crippen molar-refractivity contribution in [3.05, 3.63) is 18.2 Å². The second-order valence-electron chi connectivity index (χ2n) is 4.92. The van der Waals surface area contributed by atoms with Crippen LogP contribution in [0.15, 0.2) is 18.2 Å². The van der Waals surface area contributed by atoms with E-state index in [1.165, 1.54) is 19.3 Å². The summed E-state index contributed by atoms with van der Waals surface area (Å²) in [7, 11) is 0. The molecule has 114 valence electrons. The Balaban J connectivity index is 2.76. The molecule has 1 aromatic carbocycles. The molecule has 20 heavy (non-hydrogen) atoms. The van der Waals surface area contributed by atoms with Crippen molar-refractivity contribution in [1.29, 1.82) is 0 Å². The fourth-order valence-electron chi connectivity index (χ4n) is 2.21. The van der Waals surface area contributed by atoms with Crippen LogP contribution in [0.2, 0.25) is 0 Å². The maximum atomic E-state index is 5.66. The van der Waals surface area contributed by atoms with Crippen molar-refractivity contribution in [1.82, 2.24) is 0 Å². The molecule has 0 spiro atoms. The molecule has 0 heterocycles. The fraction of sp³-hybridized carbons (Fsp3) is 0.647. The van der Waals surface area contributed by atoms with Crippen molar-refractivity contribution >= 4 is 5.69 Å². The third-order valence-corrected chi connectivity index (χ3v) is 3.31. The van der Waals surface area contributed by atoms with E-state index in [1.807, 2.05) is 26.0 Å². The minimum atomic E-state index is 0.530. The van der Waals surface area contributed by atoms with Gasteiger partial charge in [0.25, 0.3) is 0 Å². The Labute approximate surface area is 123 Å². The Morgan fingerprint density at radius 1 is 1.00 bits per heavy atom. The average Bonchev–Trinajstić information content (AvgIpc) is 2.46. The molecular weight excluding hydrogens is 250 g/mol. The first-order chi connectivity index (χ1) is 9.74. The van der Waals surface area contributed by atoms with Gasteiger partial charge >= 0.3 is 0 Å². The first-order valence-corrected chi connectivity index (χ1v) is 7.91. The first kappa shape index (κ1) is 16.7. The molecule has 0 saturated carbocycles. The summed E-state index contributed by atoms with van der Waals surface area (Å²) in [5.74, 6) is 1.64. The average molecular weight is 279 g/mol. The molecule has 0 amide bonds. The van der Waals surface area contributed by atoms with E-state index in [-0.39, 0.29) is 0 Å². The Morgan fingerprint density at radius 2 is 1.70 bits per heavy atom. The van der Waals surface area contributed by atoms with Gasteiger partial charge in [0.1, 0.15) is 0 Å². The molecule has 0 aromatic heterocycles. The van der Waals surface area contributed by atoms with Gasteiger partial charge in [-0.15, -0.1) is 0 Å². The molecule has 0 aliphatic heterocycles. The zero-order chi connectivity index (χ0) is 14.8. The summed E-state index contributed by atoms with van der Waals surface area (Å²) >= 11 is 0. The minimum absolute atomic E-state index is 0.530. The van der Waals surface area contributed by atoms with Crippen LogP contribution in [0, 0.1) is 0 Å². The third kappa shape index (κ3) is 5.32. The summed E-state index contributed by atoms with van der Waals surface area (Å²) in [6.45, 7) is 9.74. The van der Waals surface area contributed by atoms with E-state index in [4.69, 9.17) is 9.47 Å². The number of nitrogens with one attached hydrogen (secondary N) is 1. The van der Waals surface area contributed by atoms with Gasteiger partial charge in [-0.2, -0.15) is 0 Å². The van der Waals surface area contributed by atoms with Crippen LogP contribution in [0.4, 0.5) is 5.69 Å². The molecule has 1 aromatic rings. The highest BCUT2D eigenvalue weighted by atomic mass is 16.5. The van der Waals surface area contributed by atoms with Gasteiger partial charge < -0.3 is 14.8 Å². The highest BCUT2D eigenvalue weighted by Crippen LogP contribution is 2.31. The number of unbranched alkanes of at least 4 members (excludes halogenated alkanes) is 1. The summed E-state index contributed by atoms with van der Waals surface area (Å²) in [5, 5.41) is 3.60. The molecule has 1 unspecified atom stereocenters. The van der Waals surface area contributed by atoms with E-state index < -0.39 is 0 Å². The molecule has 0 fully saturated rings. The minimum Gasteiger partial charge on any atom is -0.490 e. The molecular formula is C17H29NO2. The summed E-state index contributed by atoms with van der Waals surface area (Å²) in [6.07, 6.45) is 4.86. The number of hydrogen-bond acceptors (Lipinski definition) is 3. The predicted molar refractivity (Wildman–Crippen MR) is 86.0 cm³/mol. The standard InChI is InChI=1S/C17H29NO2/c1-5-9-10-14(6-2)18-15-11-12-16(19-7-3)17(13-15)20-8-4/h11-14,18H,5-10H2,1-4H3. The van der Waals surface area contributed by atoms with Crippen LogP contribution in [0.25, 0.3) is 0 Å². The van der Waals surface area contributed by atoms with Gasteiger partial charge in [0.05, 0.1) is 13.2 Å². The van der Waals surface area contributed by atoms with Crippen molar-refractivity contribution < 1.29 is 9.47 Å². The smallest absolute Gasteiger partial charge is 0.163 e. The largest absolute Gasteiger partial charge is 0.490 e. The van der Waals surface area contributed by atoms with Crippen molar-refractivity contribution in [2.24, 2.45) is 0 Å². The number of anilines is 1. The third-order valence-electron chi connectivity index (χ3n) is 3.31. The van der Waals surface area contributed by atoms with E-state index in [0.717, 1.165) is 23.6 Å². The Morgan fingerprint density at radius 3 is 2.30 bits per heavy atom. The lowest BCUT2D eigenvalue weighted by atomic mass is 10.1. The van der Waals surface area contributed by atoms with E-state index in [9.17, 15) is 0 Å². The first-order valence-electron chi connectivity index (χ1n) is 7.91. The van der Waals surface area contributed by atoms with Gasteiger partial charge in [-0.3, -0.25) is 0 Å². The van der Waals surface area contributed by atoms with Gasteiger partial charge in [0.2, 0.25) is 0 Å².